The number of rotatable bonds is 8. The summed E-state index contributed by atoms with van der Waals surface area (Å²) in [5, 5.41) is 0. The van der Waals surface area contributed by atoms with Crippen molar-refractivity contribution in [2.75, 3.05) is 24.2 Å². The molecule has 2 aromatic rings. The fourth-order valence-electron chi connectivity index (χ4n) is 4.11. The van der Waals surface area contributed by atoms with Crippen molar-refractivity contribution < 1.29 is 27.0 Å². The Bertz CT molecular complexity index is 1250. The maximum atomic E-state index is 13.7. The van der Waals surface area contributed by atoms with Gasteiger partial charge in [0, 0.05) is 24.6 Å². The minimum absolute atomic E-state index is 0.0514. The van der Waals surface area contributed by atoms with Gasteiger partial charge in [0.15, 0.2) is 5.79 Å². The molecule has 1 aromatic carbocycles. The van der Waals surface area contributed by atoms with Crippen LogP contribution >= 0.6 is 0 Å². The molecule has 2 heterocycles. The lowest BCUT2D eigenvalue weighted by Crippen LogP contribution is -2.46. The minimum Gasteiger partial charge on any atom is -0.373 e. The number of sulfonamides is 1. The van der Waals surface area contributed by atoms with Crippen molar-refractivity contribution in [3.63, 3.8) is 0 Å². The van der Waals surface area contributed by atoms with Crippen LogP contribution in [0.4, 0.5) is 10.3 Å². The van der Waals surface area contributed by atoms with Crippen LogP contribution in [0.15, 0.2) is 30.3 Å². The summed E-state index contributed by atoms with van der Waals surface area (Å²) in [6.07, 6.45) is 5.12. The molecule has 2 atom stereocenters. The molecule has 1 fully saturated rings. The van der Waals surface area contributed by atoms with Gasteiger partial charge in [0.2, 0.25) is 16.0 Å². The van der Waals surface area contributed by atoms with E-state index in [1.165, 1.54) is 19.2 Å². The first-order chi connectivity index (χ1) is 17.4. The van der Waals surface area contributed by atoms with Gasteiger partial charge >= 0.3 is 0 Å². The highest BCUT2D eigenvalue weighted by molar-refractivity contribution is 7.92. The quantitative estimate of drug-likeness (QED) is 0.427. The summed E-state index contributed by atoms with van der Waals surface area (Å²) in [5.74, 6) is -1.18. The van der Waals surface area contributed by atoms with Crippen LogP contribution in [0, 0.1) is 5.82 Å². The zero-order valence-corrected chi connectivity index (χ0v) is 24.6. The summed E-state index contributed by atoms with van der Waals surface area (Å²) in [6.45, 7) is 14.2. The Hall–Kier alpha value is -2.40. The van der Waals surface area contributed by atoms with E-state index in [1.54, 1.807) is 12.1 Å². The van der Waals surface area contributed by atoms with Crippen LogP contribution < -0.4 is 4.31 Å². The molecular formula is C28H40FN3O5S. The lowest BCUT2D eigenvalue weighted by Gasteiger charge is -2.40. The van der Waals surface area contributed by atoms with Crippen LogP contribution in [-0.4, -0.2) is 61.9 Å². The smallest absolute Gasteiger partial charge is 0.239 e. The Morgan fingerprint density at radius 1 is 1.18 bits per heavy atom. The van der Waals surface area contributed by atoms with E-state index in [9.17, 15) is 12.8 Å². The minimum atomic E-state index is -3.60. The third-order valence-electron chi connectivity index (χ3n) is 5.97. The van der Waals surface area contributed by atoms with Crippen molar-refractivity contribution in [2.24, 2.45) is 0 Å². The topological polar surface area (TPSA) is 90.9 Å². The van der Waals surface area contributed by atoms with Crippen molar-refractivity contribution >= 4 is 22.0 Å². The first-order valence-corrected chi connectivity index (χ1v) is 14.6. The number of benzene rings is 1. The number of halogens is 1. The molecule has 3 rings (SSSR count). The monoisotopic (exact) mass is 549 g/mol. The van der Waals surface area contributed by atoms with Gasteiger partial charge in [-0.3, -0.25) is 0 Å². The first kappa shape index (κ1) is 30.1. The van der Waals surface area contributed by atoms with Crippen molar-refractivity contribution in [3.05, 3.63) is 47.4 Å². The molecule has 0 amide bonds. The zero-order valence-electron chi connectivity index (χ0n) is 23.8. The molecule has 1 aromatic heterocycles. The second-order valence-electron chi connectivity index (χ2n) is 11.4. The Morgan fingerprint density at radius 2 is 1.82 bits per heavy atom. The van der Waals surface area contributed by atoms with Crippen LogP contribution in [-0.2, 0) is 24.2 Å². The van der Waals surface area contributed by atoms with E-state index in [-0.39, 0.29) is 35.5 Å². The van der Waals surface area contributed by atoms with Gasteiger partial charge in [-0.25, -0.2) is 27.1 Å². The summed E-state index contributed by atoms with van der Waals surface area (Å²) in [7, 11) is -2.18. The molecule has 0 unspecified atom stereocenters. The van der Waals surface area contributed by atoms with Gasteiger partial charge in [-0.2, -0.15) is 0 Å². The average Bonchev–Trinajstić information content (AvgIpc) is 2.79. The lowest BCUT2D eigenvalue weighted by molar-refractivity contribution is -0.299. The van der Waals surface area contributed by atoms with Crippen LogP contribution in [0.25, 0.3) is 17.3 Å². The molecule has 38 heavy (non-hydrogen) atoms. The second kappa shape index (κ2) is 11.4. The highest BCUT2D eigenvalue weighted by atomic mass is 32.2. The Kier molecular flexibility index (Phi) is 9.02. The molecule has 8 nitrogen and oxygen atoms in total. The fourth-order valence-corrected chi connectivity index (χ4v) is 4.49. The van der Waals surface area contributed by atoms with Gasteiger partial charge in [-0.15, -0.1) is 0 Å². The van der Waals surface area contributed by atoms with Crippen molar-refractivity contribution in [2.45, 2.75) is 84.4 Å². The highest BCUT2D eigenvalue weighted by Crippen LogP contribution is 2.33. The fraction of sp³-hybridized carbons (Fsp3) is 0.571. The number of aromatic nitrogens is 2. The van der Waals surface area contributed by atoms with E-state index in [1.807, 2.05) is 60.6 Å². The van der Waals surface area contributed by atoms with Crippen LogP contribution in [0.5, 0.6) is 0 Å². The molecular weight excluding hydrogens is 509 g/mol. The average molecular weight is 550 g/mol. The van der Waals surface area contributed by atoms with Crippen molar-refractivity contribution in [3.8, 4) is 11.3 Å². The molecule has 0 saturated carbocycles. The molecule has 0 N–H and O–H groups in total. The van der Waals surface area contributed by atoms with E-state index < -0.39 is 15.8 Å². The molecule has 1 aliphatic heterocycles. The maximum absolute atomic E-state index is 13.7. The number of anilines is 1. The molecule has 0 spiro atoms. The van der Waals surface area contributed by atoms with Crippen LogP contribution in [0.3, 0.4) is 0 Å². The predicted molar refractivity (Wildman–Crippen MR) is 148 cm³/mol. The molecule has 0 radical (unpaired) electrons. The Balaban J connectivity index is 2.07. The number of hydrogen-bond donors (Lipinski definition) is 0. The molecule has 0 aliphatic carbocycles. The second-order valence-corrected chi connectivity index (χ2v) is 13.4. The van der Waals surface area contributed by atoms with E-state index >= 15 is 0 Å². The summed E-state index contributed by atoms with van der Waals surface area (Å²) < 4.78 is 57.6. The SMILES string of the molecule is CC(C)c1nc(N(C)S(C)(=O)=O)nc(-c2ccc(F)cc2)c1/C=C/[C@@H]1C[C@H](COC(C)(C)C)OC(C)(C)O1. The number of nitrogens with zero attached hydrogens (tertiary/aromatic N) is 3. The van der Waals surface area contributed by atoms with E-state index in [4.69, 9.17) is 14.2 Å². The molecule has 10 heteroatoms. The van der Waals surface area contributed by atoms with Gasteiger partial charge in [-0.1, -0.05) is 26.0 Å². The standard InChI is InChI=1S/C28H40FN3O5S/c1-18(2)24-23(15-14-21-16-22(17-35-27(3,4)5)37-28(6,7)36-21)25(19-10-12-20(29)13-11-19)31-26(30-24)32(8)38(9,33)34/h10-15,18,21-22H,16-17H2,1-9H3/b15-14+/t21-,22-/m1/s1. The summed E-state index contributed by atoms with van der Waals surface area (Å²) in [5.41, 5.74) is 2.24. The molecule has 1 aliphatic rings. The van der Waals surface area contributed by atoms with Gasteiger partial charge in [0.05, 0.1) is 42.1 Å². The van der Waals surface area contributed by atoms with Gasteiger partial charge in [0.25, 0.3) is 0 Å². The molecule has 1 saturated heterocycles. The molecule has 0 bridgehead atoms. The van der Waals surface area contributed by atoms with Crippen molar-refractivity contribution in [1.29, 1.82) is 0 Å². The van der Waals surface area contributed by atoms with Gasteiger partial charge < -0.3 is 14.2 Å². The van der Waals surface area contributed by atoms with E-state index in [2.05, 4.69) is 9.97 Å². The number of hydrogen-bond acceptors (Lipinski definition) is 7. The maximum Gasteiger partial charge on any atom is 0.239 e. The van der Waals surface area contributed by atoms with Crippen molar-refractivity contribution in [1.82, 2.24) is 9.97 Å². The summed E-state index contributed by atoms with van der Waals surface area (Å²) in [6, 6.07) is 5.95. The van der Waals surface area contributed by atoms with Crippen LogP contribution in [0.2, 0.25) is 0 Å². The predicted octanol–water partition coefficient (Wildman–Crippen LogP) is 5.54. The van der Waals surface area contributed by atoms with Gasteiger partial charge in [0.1, 0.15) is 5.82 Å². The Labute approximate surface area is 226 Å². The summed E-state index contributed by atoms with van der Waals surface area (Å²) in [4.78, 5) is 9.25. The largest absolute Gasteiger partial charge is 0.373 e. The summed E-state index contributed by atoms with van der Waals surface area (Å²) >= 11 is 0. The van der Waals surface area contributed by atoms with E-state index in [0.717, 1.165) is 10.6 Å². The highest BCUT2D eigenvalue weighted by Gasteiger charge is 2.35. The third-order valence-corrected chi connectivity index (χ3v) is 7.13. The third kappa shape index (κ3) is 8.05. The first-order valence-electron chi connectivity index (χ1n) is 12.7. The number of ether oxygens (including phenoxy) is 3. The zero-order chi connectivity index (χ0) is 28.5. The molecule has 210 valence electrons. The Morgan fingerprint density at radius 3 is 2.37 bits per heavy atom. The van der Waals surface area contributed by atoms with Gasteiger partial charge in [-0.05, 0) is 64.8 Å². The van der Waals surface area contributed by atoms with E-state index in [0.29, 0.717) is 35.5 Å². The van der Waals surface area contributed by atoms with Crippen LogP contribution in [0.1, 0.15) is 72.1 Å². The normalized spacial score (nSPS) is 20.3. The lowest BCUT2D eigenvalue weighted by atomic mass is 9.97.